The lowest BCUT2D eigenvalue weighted by Crippen LogP contribution is -2.39. The molecule has 0 atom stereocenters. The Hall–Kier alpha value is -0.970. The monoisotopic (exact) mass is 325 g/mol. The van der Waals surface area contributed by atoms with Gasteiger partial charge >= 0.3 is 0 Å². The molecular formula is C14H20BrN3O. The summed E-state index contributed by atoms with van der Waals surface area (Å²) in [5, 5.41) is 9.21. The molecule has 4 nitrogen and oxygen atoms in total. The number of nitrogens with zero attached hydrogens (tertiary/aromatic N) is 3. The fourth-order valence-electron chi connectivity index (χ4n) is 2.42. The minimum Gasteiger partial charge on any atom is -0.339 e. The van der Waals surface area contributed by atoms with Gasteiger partial charge in [-0.1, -0.05) is 22.9 Å². The number of rotatable bonds is 3. The van der Waals surface area contributed by atoms with Crippen LogP contribution in [-0.4, -0.2) is 39.4 Å². The molecule has 2 heterocycles. The van der Waals surface area contributed by atoms with Crippen LogP contribution in [0.4, 0.5) is 0 Å². The third-order valence-electron chi connectivity index (χ3n) is 3.68. The first-order valence-electron chi connectivity index (χ1n) is 6.84. The highest BCUT2D eigenvalue weighted by Gasteiger charge is 2.24. The summed E-state index contributed by atoms with van der Waals surface area (Å²) in [7, 11) is 0. The Bertz CT molecular complexity index is 456. The highest BCUT2D eigenvalue weighted by atomic mass is 79.9. The zero-order valence-corrected chi connectivity index (χ0v) is 13.1. The van der Waals surface area contributed by atoms with Crippen LogP contribution < -0.4 is 0 Å². The molecule has 1 saturated heterocycles. The van der Waals surface area contributed by atoms with Crippen LogP contribution in [0.5, 0.6) is 0 Å². The predicted octanol–water partition coefficient (Wildman–Crippen LogP) is 2.59. The van der Waals surface area contributed by atoms with Crippen molar-refractivity contribution in [3.63, 3.8) is 0 Å². The standard InChI is InChI=1S/C14H20BrN3O/c1-3-13-12(8-10(2)16-17-13)14(19)18-6-4-11(9-15)5-7-18/h8,11H,3-7,9H2,1-2H3. The van der Waals surface area contributed by atoms with Gasteiger partial charge in [0.15, 0.2) is 0 Å². The lowest BCUT2D eigenvalue weighted by Gasteiger charge is -2.31. The molecule has 2 rings (SSSR count). The van der Waals surface area contributed by atoms with Gasteiger partial charge in [0.25, 0.3) is 5.91 Å². The first-order chi connectivity index (χ1) is 9.15. The van der Waals surface area contributed by atoms with Gasteiger partial charge in [-0.15, -0.1) is 0 Å². The van der Waals surface area contributed by atoms with Crippen molar-refractivity contribution in [3.05, 3.63) is 23.0 Å². The maximum atomic E-state index is 12.6. The van der Waals surface area contributed by atoms with Gasteiger partial charge in [0.2, 0.25) is 0 Å². The second-order valence-electron chi connectivity index (χ2n) is 5.09. The lowest BCUT2D eigenvalue weighted by molar-refractivity contribution is 0.0697. The Morgan fingerprint density at radius 2 is 2.11 bits per heavy atom. The van der Waals surface area contributed by atoms with Crippen LogP contribution in [0.2, 0.25) is 0 Å². The van der Waals surface area contributed by atoms with Crippen molar-refractivity contribution in [3.8, 4) is 0 Å². The summed E-state index contributed by atoms with van der Waals surface area (Å²) in [5.74, 6) is 0.815. The van der Waals surface area contributed by atoms with Gasteiger partial charge in [-0.25, -0.2) is 0 Å². The van der Waals surface area contributed by atoms with Crippen molar-refractivity contribution in [1.29, 1.82) is 0 Å². The van der Waals surface area contributed by atoms with Crippen LogP contribution in [0, 0.1) is 12.8 Å². The minimum absolute atomic E-state index is 0.114. The third kappa shape index (κ3) is 3.32. The number of carbonyl (C=O) groups excluding carboxylic acids is 1. The second kappa shape index (κ2) is 6.46. The quantitative estimate of drug-likeness (QED) is 0.802. The third-order valence-corrected chi connectivity index (χ3v) is 4.59. The molecule has 19 heavy (non-hydrogen) atoms. The maximum Gasteiger partial charge on any atom is 0.255 e. The van der Waals surface area contributed by atoms with Crippen LogP contribution >= 0.6 is 15.9 Å². The molecule has 0 aliphatic carbocycles. The molecule has 1 fully saturated rings. The number of alkyl halides is 1. The summed E-state index contributed by atoms with van der Waals surface area (Å²) in [6.07, 6.45) is 2.90. The molecule has 1 aromatic rings. The van der Waals surface area contributed by atoms with Crippen LogP contribution in [0.3, 0.4) is 0 Å². The largest absolute Gasteiger partial charge is 0.339 e. The van der Waals surface area contributed by atoms with Gasteiger partial charge in [0.1, 0.15) is 0 Å². The van der Waals surface area contributed by atoms with Crippen molar-refractivity contribution in [1.82, 2.24) is 15.1 Å². The van der Waals surface area contributed by atoms with E-state index in [1.165, 1.54) is 0 Å². The van der Waals surface area contributed by atoms with E-state index in [0.717, 1.165) is 54.6 Å². The van der Waals surface area contributed by atoms with Crippen molar-refractivity contribution in [2.45, 2.75) is 33.1 Å². The molecule has 1 amide bonds. The zero-order chi connectivity index (χ0) is 13.8. The molecule has 1 aliphatic rings. The minimum atomic E-state index is 0.114. The first kappa shape index (κ1) is 14.4. The summed E-state index contributed by atoms with van der Waals surface area (Å²) in [4.78, 5) is 14.5. The molecule has 1 aromatic heterocycles. The van der Waals surface area contributed by atoms with Gasteiger partial charge in [-0.05, 0) is 38.2 Å². The van der Waals surface area contributed by atoms with Crippen molar-refractivity contribution in [2.75, 3.05) is 18.4 Å². The van der Waals surface area contributed by atoms with Gasteiger partial charge in [-0.3, -0.25) is 4.79 Å². The fraction of sp³-hybridized carbons (Fsp3) is 0.643. The summed E-state index contributed by atoms with van der Waals surface area (Å²) >= 11 is 3.52. The SMILES string of the molecule is CCc1nnc(C)cc1C(=O)N1CCC(CBr)CC1. The van der Waals surface area contributed by atoms with Gasteiger partial charge < -0.3 is 4.90 Å². The molecule has 0 unspecified atom stereocenters. The second-order valence-corrected chi connectivity index (χ2v) is 5.74. The smallest absolute Gasteiger partial charge is 0.255 e. The normalized spacial score (nSPS) is 16.7. The Balaban J connectivity index is 2.14. The number of hydrogen-bond acceptors (Lipinski definition) is 3. The molecule has 0 bridgehead atoms. The van der Waals surface area contributed by atoms with Gasteiger partial charge in [0.05, 0.1) is 17.0 Å². The Labute approximate surface area is 122 Å². The number of carbonyl (C=O) groups is 1. The van der Waals surface area contributed by atoms with E-state index in [2.05, 4.69) is 26.1 Å². The van der Waals surface area contributed by atoms with Crippen LogP contribution in [0.25, 0.3) is 0 Å². The van der Waals surface area contributed by atoms with Crippen LogP contribution in [0.1, 0.15) is 41.5 Å². The zero-order valence-electron chi connectivity index (χ0n) is 11.5. The van der Waals surface area contributed by atoms with E-state index in [0.29, 0.717) is 5.92 Å². The van der Waals surface area contributed by atoms with Crippen LogP contribution in [-0.2, 0) is 6.42 Å². The molecule has 104 valence electrons. The van der Waals surface area contributed by atoms with E-state index in [1.807, 2.05) is 24.8 Å². The maximum absolute atomic E-state index is 12.6. The molecule has 0 spiro atoms. The Morgan fingerprint density at radius 1 is 1.42 bits per heavy atom. The highest BCUT2D eigenvalue weighted by molar-refractivity contribution is 9.09. The number of aromatic nitrogens is 2. The topological polar surface area (TPSA) is 46.1 Å². The Kier molecular flexibility index (Phi) is 4.91. The first-order valence-corrected chi connectivity index (χ1v) is 7.96. The van der Waals surface area contributed by atoms with Crippen molar-refractivity contribution in [2.24, 2.45) is 5.92 Å². The highest BCUT2D eigenvalue weighted by Crippen LogP contribution is 2.21. The number of amides is 1. The molecule has 1 aliphatic heterocycles. The number of hydrogen-bond donors (Lipinski definition) is 0. The molecule has 0 radical (unpaired) electrons. The fourth-order valence-corrected chi connectivity index (χ4v) is 3.07. The van der Waals surface area contributed by atoms with E-state index in [4.69, 9.17) is 0 Å². The van der Waals surface area contributed by atoms with E-state index in [1.54, 1.807) is 0 Å². The number of halogens is 1. The average Bonchev–Trinajstić information content (AvgIpc) is 2.46. The molecule has 0 saturated carbocycles. The summed E-state index contributed by atoms with van der Waals surface area (Å²) in [5.41, 5.74) is 2.33. The van der Waals surface area contributed by atoms with Crippen molar-refractivity contribution < 1.29 is 4.79 Å². The van der Waals surface area contributed by atoms with E-state index in [-0.39, 0.29) is 5.91 Å². The predicted molar refractivity (Wildman–Crippen MR) is 78.6 cm³/mol. The van der Waals surface area contributed by atoms with E-state index < -0.39 is 0 Å². The average molecular weight is 326 g/mol. The van der Waals surface area contributed by atoms with E-state index in [9.17, 15) is 4.79 Å². The molecular weight excluding hydrogens is 306 g/mol. The molecule has 5 heteroatoms. The summed E-state index contributed by atoms with van der Waals surface area (Å²) < 4.78 is 0. The summed E-state index contributed by atoms with van der Waals surface area (Å²) in [6, 6.07) is 1.87. The van der Waals surface area contributed by atoms with E-state index >= 15 is 0 Å². The van der Waals surface area contributed by atoms with Gasteiger partial charge in [0, 0.05) is 18.4 Å². The van der Waals surface area contributed by atoms with Gasteiger partial charge in [-0.2, -0.15) is 10.2 Å². The molecule has 0 N–H and O–H groups in total. The van der Waals surface area contributed by atoms with Crippen molar-refractivity contribution >= 4 is 21.8 Å². The number of aryl methyl sites for hydroxylation is 2. The molecule has 0 aromatic carbocycles. The number of piperidine rings is 1. The lowest BCUT2D eigenvalue weighted by atomic mass is 9.98. The summed E-state index contributed by atoms with van der Waals surface area (Å²) in [6.45, 7) is 5.58. The Morgan fingerprint density at radius 3 is 2.68 bits per heavy atom. The number of likely N-dealkylation sites (tertiary alicyclic amines) is 1. The van der Waals surface area contributed by atoms with Crippen LogP contribution in [0.15, 0.2) is 6.07 Å².